The Morgan fingerprint density at radius 2 is 1.95 bits per heavy atom. The van der Waals surface area contributed by atoms with Gasteiger partial charge in [0.2, 0.25) is 0 Å². The summed E-state index contributed by atoms with van der Waals surface area (Å²) < 4.78 is 0. The van der Waals surface area contributed by atoms with Crippen LogP contribution in [-0.2, 0) is 6.42 Å². The first-order valence-corrected chi connectivity index (χ1v) is 7.28. The normalized spacial score (nSPS) is 12.5. The molecule has 0 saturated heterocycles. The Bertz CT molecular complexity index is 747. The van der Waals surface area contributed by atoms with Crippen LogP contribution in [0.15, 0.2) is 55.0 Å². The Kier molecular flexibility index (Phi) is 3.93. The van der Waals surface area contributed by atoms with Gasteiger partial charge in [0, 0.05) is 24.0 Å². The van der Waals surface area contributed by atoms with Gasteiger partial charge in [-0.1, -0.05) is 25.1 Å². The van der Waals surface area contributed by atoms with E-state index in [1.807, 2.05) is 31.7 Å². The lowest BCUT2D eigenvalue weighted by atomic mass is 9.92. The van der Waals surface area contributed by atoms with Gasteiger partial charge in [0.05, 0.1) is 11.6 Å². The number of nitrogens with one attached hydrogen (secondary N) is 1. The maximum atomic E-state index is 4.45. The lowest BCUT2D eigenvalue weighted by Crippen LogP contribution is -2.19. The van der Waals surface area contributed by atoms with Crippen LogP contribution < -0.4 is 5.32 Å². The summed E-state index contributed by atoms with van der Waals surface area (Å²) in [6.07, 6.45) is 6.64. The van der Waals surface area contributed by atoms with E-state index in [4.69, 9.17) is 0 Å². The minimum absolute atomic E-state index is 0.149. The lowest BCUT2D eigenvalue weighted by Gasteiger charge is -2.21. The first-order valence-electron chi connectivity index (χ1n) is 7.28. The van der Waals surface area contributed by atoms with E-state index in [1.54, 1.807) is 0 Å². The van der Waals surface area contributed by atoms with Crippen molar-refractivity contribution in [2.45, 2.75) is 19.4 Å². The van der Waals surface area contributed by atoms with Gasteiger partial charge < -0.3 is 5.32 Å². The highest BCUT2D eigenvalue weighted by Crippen LogP contribution is 2.29. The summed E-state index contributed by atoms with van der Waals surface area (Å²) in [5, 5.41) is 4.64. The minimum atomic E-state index is 0.149. The number of pyridine rings is 2. The summed E-state index contributed by atoms with van der Waals surface area (Å²) >= 11 is 0. The van der Waals surface area contributed by atoms with Crippen molar-refractivity contribution < 1.29 is 0 Å². The molecule has 3 aromatic rings. The van der Waals surface area contributed by atoms with E-state index in [9.17, 15) is 0 Å². The number of aryl methyl sites for hydroxylation is 1. The number of rotatable bonds is 4. The zero-order valence-corrected chi connectivity index (χ0v) is 12.4. The van der Waals surface area contributed by atoms with Gasteiger partial charge in [0.25, 0.3) is 0 Å². The predicted octanol–water partition coefficient (Wildman–Crippen LogP) is 3.50. The largest absolute Gasteiger partial charge is 0.309 e. The van der Waals surface area contributed by atoms with Crippen LogP contribution in [0.25, 0.3) is 10.9 Å². The Morgan fingerprint density at radius 3 is 2.76 bits per heavy atom. The van der Waals surface area contributed by atoms with E-state index in [0.717, 1.165) is 11.9 Å². The van der Waals surface area contributed by atoms with Gasteiger partial charge >= 0.3 is 0 Å². The summed E-state index contributed by atoms with van der Waals surface area (Å²) in [7, 11) is 2.00. The maximum absolute atomic E-state index is 4.45. The van der Waals surface area contributed by atoms with Gasteiger partial charge in [-0.2, -0.15) is 0 Å². The molecule has 0 aliphatic rings. The third-order valence-electron chi connectivity index (χ3n) is 3.91. The van der Waals surface area contributed by atoms with E-state index in [-0.39, 0.29) is 6.04 Å². The standard InChI is InChI=1S/C18H19N3/c1-3-13-12-20-11-9-14(13)18(19-2)16-6-4-8-17-15(16)7-5-10-21-17/h4-12,18-19H,3H2,1-2H3. The van der Waals surface area contributed by atoms with E-state index in [1.165, 1.54) is 22.1 Å². The molecule has 21 heavy (non-hydrogen) atoms. The van der Waals surface area contributed by atoms with E-state index >= 15 is 0 Å². The molecule has 0 aliphatic carbocycles. The van der Waals surface area contributed by atoms with Crippen molar-refractivity contribution >= 4 is 10.9 Å². The molecule has 0 aliphatic heterocycles. The quantitative estimate of drug-likeness (QED) is 0.793. The Morgan fingerprint density at radius 1 is 1.05 bits per heavy atom. The van der Waals surface area contributed by atoms with Gasteiger partial charge in [0.15, 0.2) is 0 Å². The zero-order valence-electron chi connectivity index (χ0n) is 12.4. The molecular formula is C18H19N3. The number of aromatic nitrogens is 2. The number of fused-ring (bicyclic) bond motifs is 1. The molecule has 3 heteroatoms. The second-order valence-electron chi connectivity index (χ2n) is 5.07. The summed E-state index contributed by atoms with van der Waals surface area (Å²) in [5.41, 5.74) is 4.84. The molecule has 1 atom stereocenters. The van der Waals surface area contributed by atoms with Crippen LogP contribution in [0, 0.1) is 0 Å². The Labute approximate surface area is 125 Å². The monoisotopic (exact) mass is 277 g/mol. The molecule has 1 aromatic carbocycles. The van der Waals surface area contributed by atoms with Crippen molar-refractivity contribution in [3.05, 3.63) is 71.7 Å². The Hall–Kier alpha value is -2.26. The predicted molar refractivity (Wildman–Crippen MR) is 86.3 cm³/mol. The molecule has 0 bridgehead atoms. The molecule has 0 spiro atoms. The van der Waals surface area contributed by atoms with Crippen LogP contribution >= 0.6 is 0 Å². The van der Waals surface area contributed by atoms with Crippen molar-refractivity contribution in [3.63, 3.8) is 0 Å². The molecule has 0 fully saturated rings. The molecule has 106 valence electrons. The SMILES string of the molecule is CCc1cnccc1C(NC)c1cccc2ncccc12. The summed E-state index contributed by atoms with van der Waals surface area (Å²) in [4.78, 5) is 8.70. The average molecular weight is 277 g/mol. The molecule has 2 aromatic heterocycles. The van der Waals surface area contributed by atoms with Crippen LogP contribution in [0.4, 0.5) is 0 Å². The Balaban J connectivity index is 2.19. The fourth-order valence-corrected chi connectivity index (χ4v) is 2.87. The molecule has 2 heterocycles. The zero-order chi connectivity index (χ0) is 14.7. The molecule has 3 rings (SSSR count). The summed E-state index contributed by atoms with van der Waals surface area (Å²) in [6.45, 7) is 2.16. The van der Waals surface area contributed by atoms with Crippen LogP contribution in [0.3, 0.4) is 0 Å². The van der Waals surface area contributed by atoms with Gasteiger partial charge in [-0.25, -0.2) is 0 Å². The molecule has 3 nitrogen and oxygen atoms in total. The lowest BCUT2D eigenvalue weighted by molar-refractivity contribution is 0.687. The van der Waals surface area contributed by atoms with Crippen LogP contribution in [0.5, 0.6) is 0 Å². The van der Waals surface area contributed by atoms with Gasteiger partial charge in [-0.05, 0) is 48.4 Å². The van der Waals surface area contributed by atoms with Crippen molar-refractivity contribution in [2.24, 2.45) is 0 Å². The average Bonchev–Trinajstić information content (AvgIpc) is 2.56. The fraction of sp³-hybridized carbons (Fsp3) is 0.222. The van der Waals surface area contributed by atoms with Crippen molar-refractivity contribution in [1.29, 1.82) is 0 Å². The highest BCUT2D eigenvalue weighted by molar-refractivity contribution is 5.83. The van der Waals surface area contributed by atoms with Gasteiger partial charge in [0.1, 0.15) is 0 Å². The van der Waals surface area contributed by atoms with E-state index < -0.39 is 0 Å². The van der Waals surface area contributed by atoms with E-state index in [2.05, 4.69) is 52.5 Å². The number of hydrogen-bond donors (Lipinski definition) is 1. The minimum Gasteiger partial charge on any atom is -0.309 e. The fourth-order valence-electron chi connectivity index (χ4n) is 2.87. The molecule has 1 N–H and O–H groups in total. The van der Waals surface area contributed by atoms with Crippen molar-refractivity contribution in [2.75, 3.05) is 7.05 Å². The molecule has 0 saturated carbocycles. The number of benzene rings is 1. The smallest absolute Gasteiger partial charge is 0.0705 e. The third-order valence-corrected chi connectivity index (χ3v) is 3.91. The molecular weight excluding hydrogens is 258 g/mol. The van der Waals surface area contributed by atoms with Gasteiger partial charge in [-0.15, -0.1) is 0 Å². The highest BCUT2D eigenvalue weighted by Gasteiger charge is 2.17. The van der Waals surface area contributed by atoms with Crippen molar-refractivity contribution in [1.82, 2.24) is 15.3 Å². The molecule has 1 unspecified atom stereocenters. The maximum Gasteiger partial charge on any atom is 0.0705 e. The molecule has 0 radical (unpaired) electrons. The molecule has 0 amide bonds. The number of nitrogens with zero attached hydrogens (tertiary/aromatic N) is 2. The number of hydrogen-bond acceptors (Lipinski definition) is 3. The van der Waals surface area contributed by atoms with Gasteiger partial charge in [-0.3, -0.25) is 9.97 Å². The second kappa shape index (κ2) is 6.02. The summed E-state index contributed by atoms with van der Waals surface area (Å²) in [5.74, 6) is 0. The van der Waals surface area contributed by atoms with Crippen LogP contribution in [0.2, 0.25) is 0 Å². The van der Waals surface area contributed by atoms with E-state index in [0.29, 0.717) is 0 Å². The summed E-state index contributed by atoms with van der Waals surface area (Å²) in [6, 6.07) is 12.7. The van der Waals surface area contributed by atoms with Crippen molar-refractivity contribution in [3.8, 4) is 0 Å². The second-order valence-corrected chi connectivity index (χ2v) is 5.07. The first kappa shape index (κ1) is 13.7. The van der Waals surface area contributed by atoms with Crippen LogP contribution in [0.1, 0.15) is 29.7 Å². The highest BCUT2D eigenvalue weighted by atomic mass is 14.9. The van der Waals surface area contributed by atoms with Crippen LogP contribution in [-0.4, -0.2) is 17.0 Å². The topological polar surface area (TPSA) is 37.8 Å². The third kappa shape index (κ3) is 2.52. The first-order chi connectivity index (χ1) is 10.3.